The molecular weight excluding hydrogens is 288 g/mol. The first kappa shape index (κ1) is 15.8. The summed E-state index contributed by atoms with van der Waals surface area (Å²) in [5.41, 5.74) is 2.57. The number of hydrogen-bond donors (Lipinski definition) is 1. The highest BCUT2D eigenvalue weighted by Gasteiger charge is 2.18. The van der Waals surface area contributed by atoms with Crippen LogP contribution in [0.4, 0.5) is 5.69 Å². The zero-order chi connectivity index (χ0) is 13.9. The maximum absolute atomic E-state index is 5.36. The van der Waals surface area contributed by atoms with Gasteiger partial charge in [0.1, 0.15) is 0 Å². The van der Waals surface area contributed by atoms with E-state index in [9.17, 15) is 0 Å². The fourth-order valence-electron chi connectivity index (χ4n) is 2.42. The SMILES string of the molecule is CC(C)c1noc(CN2CCNCc3ccccc32)n1.Cl. The summed E-state index contributed by atoms with van der Waals surface area (Å²) in [5, 5.41) is 7.47. The number of nitrogens with one attached hydrogen (secondary N) is 1. The van der Waals surface area contributed by atoms with Crippen LogP contribution >= 0.6 is 12.4 Å². The predicted octanol–water partition coefficient (Wildman–Crippen LogP) is 2.72. The average molecular weight is 309 g/mol. The molecule has 0 saturated carbocycles. The number of halogens is 1. The van der Waals surface area contributed by atoms with Crippen molar-refractivity contribution in [3.05, 3.63) is 41.5 Å². The van der Waals surface area contributed by atoms with E-state index in [0.717, 1.165) is 25.5 Å². The lowest BCUT2D eigenvalue weighted by atomic mass is 10.1. The molecule has 3 rings (SSSR count). The molecular formula is C15H21ClN4O. The average Bonchev–Trinajstić information content (AvgIpc) is 2.82. The molecule has 1 N–H and O–H groups in total. The molecule has 0 radical (unpaired) electrons. The largest absolute Gasteiger partial charge is 0.361 e. The Balaban J connectivity index is 0.00000161. The second-order valence-electron chi connectivity index (χ2n) is 5.43. The van der Waals surface area contributed by atoms with Crippen molar-refractivity contribution in [2.24, 2.45) is 0 Å². The van der Waals surface area contributed by atoms with E-state index in [-0.39, 0.29) is 12.4 Å². The van der Waals surface area contributed by atoms with Gasteiger partial charge in [0.05, 0.1) is 6.54 Å². The zero-order valence-corrected chi connectivity index (χ0v) is 13.2. The molecule has 5 nitrogen and oxygen atoms in total. The normalized spacial score (nSPS) is 14.5. The van der Waals surface area contributed by atoms with Crippen molar-refractivity contribution in [3.8, 4) is 0 Å². The molecule has 0 aliphatic carbocycles. The minimum atomic E-state index is 0. The highest BCUT2D eigenvalue weighted by Crippen LogP contribution is 2.23. The van der Waals surface area contributed by atoms with Gasteiger partial charge < -0.3 is 14.7 Å². The van der Waals surface area contributed by atoms with E-state index in [2.05, 4.69) is 58.5 Å². The van der Waals surface area contributed by atoms with Crippen molar-refractivity contribution in [2.75, 3.05) is 18.0 Å². The van der Waals surface area contributed by atoms with Gasteiger partial charge in [0.25, 0.3) is 0 Å². The Hall–Kier alpha value is -1.59. The number of benzene rings is 1. The number of anilines is 1. The molecule has 0 spiro atoms. The maximum Gasteiger partial charge on any atom is 0.246 e. The summed E-state index contributed by atoms with van der Waals surface area (Å²) in [5.74, 6) is 1.76. The highest BCUT2D eigenvalue weighted by molar-refractivity contribution is 5.85. The van der Waals surface area contributed by atoms with Crippen LogP contribution in [0.1, 0.15) is 37.0 Å². The molecule has 0 amide bonds. The Kier molecular flexibility index (Phi) is 5.20. The van der Waals surface area contributed by atoms with Gasteiger partial charge in [0.15, 0.2) is 5.82 Å². The molecule has 1 aliphatic heterocycles. The summed E-state index contributed by atoms with van der Waals surface area (Å²) < 4.78 is 5.36. The van der Waals surface area contributed by atoms with E-state index < -0.39 is 0 Å². The van der Waals surface area contributed by atoms with Crippen molar-refractivity contribution in [3.63, 3.8) is 0 Å². The molecule has 21 heavy (non-hydrogen) atoms. The van der Waals surface area contributed by atoms with E-state index in [1.165, 1.54) is 11.3 Å². The molecule has 114 valence electrons. The van der Waals surface area contributed by atoms with Crippen LogP contribution in [0.5, 0.6) is 0 Å². The Morgan fingerprint density at radius 1 is 1.33 bits per heavy atom. The maximum atomic E-state index is 5.36. The second-order valence-corrected chi connectivity index (χ2v) is 5.43. The van der Waals surface area contributed by atoms with Crippen molar-refractivity contribution >= 4 is 18.1 Å². The smallest absolute Gasteiger partial charge is 0.246 e. The van der Waals surface area contributed by atoms with Crippen molar-refractivity contribution in [1.82, 2.24) is 15.5 Å². The molecule has 0 atom stereocenters. The number of hydrogen-bond acceptors (Lipinski definition) is 5. The van der Waals surface area contributed by atoms with Gasteiger partial charge >= 0.3 is 0 Å². The Labute approximate surface area is 131 Å². The third kappa shape index (κ3) is 3.54. The van der Waals surface area contributed by atoms with Gasteiger partial charge in [0.2, 0.25) is 5.89 Å². The van der Waals surface area contributed by atoms with Crippen LogP contribution in [0.3, 0.4) is 0 Å². The lowest BCUT2D eigenvalue weighted by molar-refractivity contribution is 0.369. The Bertz CT molecular complexity index is 585. The molecule has 0 fully saturated rings. The Morgan fingerprint density at radius 3 is 2.90 bits per heavy atom. The minimum Gasteiger partial charge on any atom is -0.361 e. The minimum absolute atomic E-state index is 0. The molecule has 1 aliphatic rings. The Morgan fingerprint density at radius 2 is 2.14 bits per heavy atom. The third-order valence-electron chi connectivity index (χ3n) is 3.53. The van der Waals surface area contributed by atoms with Crippen molar-refractivity contribution < 1.29 is 4.52 Å². The molecule has 0 saturated heterocycles. The first-order chi connectivity index (χ1) is 9.74. The summed E-state index contributed by atoms with van der Waals surface area (Å²) in [4.78, 5) is 6.77. The number of nitrogens with zero attached hydrogens (tertiary/aromatic N) is 3. The van der Waals surface area contributed by atoms with Crippen LogP contribution in [0.2, 0.25) is 0 Å². The summed E-state index contributed by atoms with van der Waals surface area (Å²) in [6.07, 6.45) is 0. The van der Waals surface area contributed by atoms with E-state index in [1.54, 1.807) is 0 Å². The van der Waals surface area contributed by atoms with Gasteiger partial charge in [-0.05, 0) is 11.6 Å². The van der Waals surface area contributed by atoms with E-state index >= 15 is 0 Å². The van der Waals surface area contributed by atoms with Crippen LogP contribution < -0.4 is 10.2 Å². The summed E-state index contributed by atoms with van der Waals surface area (Å²) >= 11 is 0. The van der Waals surface area contributed by atoms with E-state index in [1.807, 2.05) is 0 Å². The topological polar surface area (TPSA) is 54.2 Å². The molecule has 0 unspecified atom stereocenters. The molecule has 2 aromatic rings. The monoisotopic (exact) mass is 308 g/mol. The molecule has 1 aromatic heterocycles. The number of para-hydroxylation sites is 1. The van der Waals surface area contributed by atoms with Crippen LogP contribution in [0.25, 0.3) is 0 Å². The summed E-state index contributed by atoms with van der Waals surface area (Å²) in [6.45, 7) is 7.61. The first-order valence-electron chi connectivity index (χ1n) is 7.10. The van der Waals surface area contributed by atoms with Gasteiger partial charge in [-0.2, -0.15) is 4.98 Å². The van der Waals surface area contributed by atoms with Gasteiger partial charge in [-0.3, -0.25) is 0 Å². The van der Waals surface area contributed by atoms with E-state index in [0.29, 0.717) is 18.4 Å². The first-order valence-corrected chi connectivity index (χ1v) is 7.10. The van der Waals surface area contributed by atoms with Gasteiger partial charge in [-0.1, -0.05) is 37.2 Å². The summed E-state index contributed by atoms with van der Waals surface area (Å²) in [7, 11) is 0. The van der Waals surface area contributed by atoms with E-state index in [4.69, 9.17) is 4.52 Å². The van der Waals surface area contributed by atoms with Crippen LogP contribution in [-0.2, 0) is 13.1 Å². The second kappa shape index (κ2) is 6.91. The quantitative estimate of drug-likeness (QED) is 0.945. The number of rotatable bonds is 3. The fourth-order valence-corrected chi connectivity index (χ4v) is 2.42. The fraction of sp³-hybridized carbons (Fsp3) is 0.467. The van der Waals surface area contributed by atoms with Gasteiger partial charge in [-0.15, -0.1) is 12.4 Å². The van der Waals surface area contributed by atoms with Gasteiger partial charge in [-0.25, -0.2) is 0 Å². The number of aromatic nitrogens is 2. The van der Waals surface area contributed by atoms with Crippen molar-refractivity contribution in [1.29, 1.82) is 0 Å². The predicted molar refractivity (Wildman–Crippen MR) is 84.8 cm³/mol. The van der Waals surface area contributed by atoms with Gasteiger partial charge in [0, 0.05) is 31.2 Å². The highest BCUT2D eigenvalue weighted by atomic mass is 35.5. The van der Waals surface area contributed by atoms with Crippen LogP contribution in [0.15, 0.2) is 28.8 Å². The molecule has 1 aromatic carbocycles. The molecule has 0 bridgehead atoms. The number of fused-ring (bicyclic) bond motifs is 1. The molecule has 2 heterocycles. The third-order valence-corrected chi connectivity index (χ3v) is 3.53. The summed E-state index contributed by atoms with van der Waals surface area (Å²) in [6, 6.07) is 8.47. The van der Waals surface area contributed by atoms with Crippen LogP contribution in [-0.4, -0.2) is 23.2 Å². The zero-order valence-electron chi connectivity index (χ0n) is 12.4. The van der Waals surface area contributed by atoms with Crippen LogP contribution in [0, 0.1) is 0 Å². The van der Waals surface area contributed by atoms with Crippen molar-refractivity contribution in [2.45, 2.75) is 32.9 Å². The lowest BCUT2D eigenvalue weighted by Gasteiger charge is -2.22. The molecule has 6 heteroatoms. The lowest BCUT2D eigenvalue weighted by Crippen LogP contribution is -2.28. The standard InChI is InChI=1S/C15H20N4O.ClH/c1-11(2)15-17-14(20-18-15)10-19-8-7-16-9-12-5-3-4-6-13(12)19;/h3-6,11,16H,7-10H2,1-2H3;1H.